The Kier molecular flexibility index (Phi) is 4.60. The minimum absolute atomic E-state index is 0.0182. The largest absolute Gasteiger partial charge is 0.481 e. The van der Waals surface area contributed by atoms with Crippen LogP contribution in [0, 0.1) is 24.1 Å². The van der Waals surface area contributed by atoms with Crippen molar-refractivity contribution in [3.63, 3.8) is 0 Å². The third-order valence-electron chi connectivity index (χ3n) is 6.19. The van der Waals surface area contributed by atoms with Crippen LogP contribution in [-0.4, -0.2) is 55.2 Å². The van der Waals surface area contributed by atoms with E-state index in [9.17, 15) is 19.1 Å². The van der Waals surface area contributed by atoms with Gasteiger partial charge in [0.05, 0.1) is 5.41 Å². The fourth-order valence-electron chi connectivity index (χ4n) is 4.67. The molecule has 28 heavy (non-hydrogen) atoms. The number of tetrazole rings is 1. The minimum Gasteiger partial charge on any atom is -0.481 e. The van der Waals surface area contributed by atoms with Gasteiger partial charge in [0, 0.05) is 19.5 Å². The van der Waals surface area contributed by atoms with Crippen LogP contribution in [0.4, 0.5) is 4.39 Å². The van der Waals surface area contributed by atoms with Gasteiger partial charge in [-0.25, -0.2) is 9.07 Å². The number of fused-ring (bicyclic) bond motifs is 1. The van der Waals surface area contributed by atoms with Gasteiger partial charge in [-0.1, -0.05) is 18.6 Å². The Bertz CT molecular complexity index is 899. The molecular weight excluding hydrogens is 365 g/mol. The lowest BCUT2D eigenvalue weighted by molar-refractivity contribution is -0.149. The van der Waals surface area contributed by atoms with Crippen molar-refractivity contribution in [3.8, 4) is 0 Å². The van der Waals surface area contributed by atoms with Crippen molar-refractivity contribution >= 4 is 11.9 Å². The molecule has 4 rings (SSSR count). The highest BCUT2D eigenvalue weighted by atomic mass is 19.1. The van der Waals surface area contributed by atoms with Gasteiger partial charge in [0.15, 0.2) is 0 Å². The Hall–Kier alpha value is -2.84. The van der Waals surface area contributed by atoms with E-state index in [-0.39, 0.29) is 24.2 Å². The summed E-state index contributed by atoms with van der Waals surface area (Å²) in [7, 11) is 0. The number of aryl methyl sites for hydroxylation is 1. The molecule has 1 saturated heterocycles. The summed E-state index contributed by atoms with van der Waals surface area (Å²) in [5, 5.41) is 21.3. The van der Waals surface area contributed by atoms with Crippen LogP contribution >= 0.6 is 0 Å². The molecule has 1 unspecified atom stereocenters. The zero-order valence-electron chi connectivity index (χ0n) is 15.6. The van der Waals surface area contributed by atoms with E-state index in [1.54, 1.807) is 24.0 Å². The van der Waals surface area contributed by atoms with Crippen LogP contribution in [0.15, 0.2) is 24.3 Å². The number of likely N-dealkylation sites (tertiary alicyclic amines) is 1. The second kappa shape index (κ2) is 6.96. The number of carboxylic acid groups (broad SMARTS) is 1. The van der Waals surface area contributed by atoms with Crippen molar-refractivity contribution in [2.45, 2.75) is 38.6 Å². The number of halogens is 1. The fourth-order valence-corrected chi connectivity index (χ4v) is 4.67. The normalized spacial score (nSPS) is 24.9. The maximum Gasteiger partial charge on any atom is 0.311 e. The number of aromatic nitrogens is 4. The van der Waals surface area contributed by atoms with Crippen LogP contribution < -0.4 is 0 Å². The molecular formula is C19H22FN5O3. The summed E-state index contributed by atoms with van der Waals surface area (Å²) in [6, 6.07) is 5.26. The van der Waals surface area contributed by atoms with Crippen LogP contribution in [0.1, 0.15) is 36.7 Å². The Labute approximate surface area is 161 Å². The maximum absolute atomic E-state index is 13.4. The van der Waals surface area contributed by atoms with Crippen LogP contribution in [0.2, 0.25) is 0 Å². The molecule has 1 amide bonds. The molecule has 2 fully saturated rings. The number of carbonyl (C=O) groups excluding carboxylic acids is 1. The number of nitrogens with zero attached hydrogens (tertiary/aromatic N) is 5. The van der Waals surface area contributed by atoms with Gasteiger partial charge in [-0.05, 0) is 53.8 Å². The summed E-state index contributed by atoms with van der Waals surface area (Å²) < 4.78 is 14.7. The summed E-state index contributed by atoms with van der Waals surface area (Å²) in [4.78, 5) is 27.0. The van der Waals surface area contributed by atoms with Crippen molar-refractivity contribution in [3.05, 3.63) is 41.5 Å². The van der Waals surface area contributed by atoms with Crippen LogP contribution in [0.3, 0.4) is 0 Å². The van der Waals surface area contributed by atoms with Crippen LogP contribution in [0.25, 0.3) is 0 Å². The van der Waals surface area contributed by atoms with E-state index in [1.165, 1.54) is 16.8 Å². The number of carboxylic acids is 1. The molecule has 3 atom stereocenters. The number of amides is 1. The molecule has 2 aromatic rings. The van der Waals surface area contributed by atoms with Gasteiger partial charge in [-0.2, -0.15) is 0 Å². The highest BCUT2D eigenvalue weighted by Crippen LogP contribution is 2.49. The summed E-state index contributed by atoms with van der Waals surface area (Å²) in [6.45, 7) is 2.36. The lowest BCUT2D eigenvalue weighted by Crippen LogP contribution is -2.41. The average molecular weight is 387 g/mol. The molecule has 1 aliphatic carbocycles. The number of rotatable bonds is 5. The van der Waals surface area contributed by atoms with E-state index in [0.29, 0.717) is 25.2 Å². The van der Waals surface area contributed by atoms with E-state index in [4.69, 9.17) is 0 Å². The number of aliphatic carboxylic acids is 1. The van der Waals surface area contributed by atoms with Gasteiger partial charge in [0.2, 0.25) is 5.91 Å². The molecule has 0 spiro atoms. The van der Waals surface area contributed by atoms with Gasteiger partial charge >= 0.3 is 5.97 Å². The Morgan fingerprint density at radius 3 is 2.71 bits per heavy atom. The molecule has 1 N–H and O–H groups in total. The average Bonchev–Trinajstić information content (AvgIpc) is 3.35. The zero-order valence-corrected chi connectivity index (χ0v) is 15.6. The number of carbonyl (C=O) groups is 2. The standard InChI is InChI=1S/C19H22FN5O3/c1-12-21-22-23-25(12)16(9-13-4-6-15(20)7-5-13)17(26)24-10-14-3-2-8-19(14,11-24)18(27)28/h4-7,14,16H,2-3,8-11H2,1H3,(H,27,28)/t14-,16?,19+/m0/s1. The molecule has 8 nitrogen and oxygen atoms in total. The van der Waals surface area contributed by atoms with E-state index >= 15 is 0 Å². The monoisotopic (exact) mass is 387 g/mol. The van der Waals surface area contributed by atoms with Gasteiger partial charge < -0.3 is 10.0 Å². The first kappa shape index (κ1) is 18.5. The van der Waals surface area contributed by atoms with E-state index in [1.807, 2.05) is 0 Å². The van der Waals surface area contributed by atoms with Gasteiger partial charge in [0.1, 0.15) is 17.7 Å². The lowest BCUT2D eigenvalue weighted by atomic mass is 9.81. The van der Waals surface area contributed by atoms with Crippen LogP contribution in [-0.2, 0) is 16.0 Å². The van der Waals surface area contributed by atoms with Crippen molar-refractivity contribution in [2.75, 3.05) is 13.1 Å². The molecule has 0 radical (unpaired) electrons. The first-order valence-corrected chi connectivity index (χ1v) is 9.42. The topological polar surface area (TPSA) is 101 Å². The lowest BCUT2D eigenvalue weighted by Gasteiger charge is -2.26. The highest BCUT2D eigenvalue weighted by molar-refractivity contribution is 5.84. The van der Waals surface area contributed by atoms with Gasteiger partial charge in [0.25, 0.3) is 0 Å². The molecule has 1 aromatic heterocycles. The molecule has 148 valence electrons. The highest BCUT2D eigenvalue weighted by Gasteiger charge is 2.56. The third-order valence-corrected chi connectivity index (χ3v) is 6.19. The first-order valence-electron chi connectivity index (χ1n) is 9.42. The van der Waals surface area contributed by atoms with Crippen molar-refractivity contribution in [1.82, 2.24) is 25.1 Å². The molecule has 2 aliphatic rings. The van der Waals surface area contributed by atoms with E-state index in [0.717, 1.165) is 18.4 Å². The Balaban J connectivity index is 1.62. The predicted molar refractivity (Wildman–Crippen MR) is 95.7 cm³/mol. The second-order valence-corrected chi connectivity index (χ2v) is 7.79. The van der Waals surface area contributed by atoms with Crippen molar-refractivity contribution in [2.24, 2.45) is 11.3 Å². The second-order valence-electron chi connectivity index (χ2n) is 7.79. The minimum atomic E-state index is -0.842. The van der Waals surface area contributed by atoms with Gasteiger partial charge in [-0.15, -0.1) is 5.10 Å². The molecule has 1 aliphatic heterocycles. The van der Waals surface area contributed by atoms with Crippen molar-refractivity contribution in [1.29, 1.82) is 0 Å². The SMILES string of the molecule is Cc1nnnn1C(Cc1ccc(F)cc1)C(=O)N1C[C@@H]2CCC[C@@]2(C(=O)O)C1. The Morgan fingerprint density at radius 1 is 1.36 bits per heavy atom. The summed E-state index contributed by atoms with van der Waals surface area (Å²) in [6.07, 6.45) is 2.60. The smallest absolute Gasteiger partial charge is 0.311 e. The molecule has 2 heterocycles. The van der Waals surface area contributed by atoms with Crippen LogP contribution in [0.5, 0.6) is 0 Å². The first-order chi connectivity index (χ1) is 13.4. The number of hydrogen-bond donors (Lipinski definition) is 1. The number of hydrogen-bond acceptors (Lipinski definition) is 5. The van der Waals surface area contributed by atoms with Crippen molar-refractivity contribution < 1.29 is 19.1 Å². The molecule has 9 heteroatoms. The quantitative estimate of drug-likeness (QED) is 0.837. The molecule has 0 bridgehead atoms. The maximum atomic E-state index is 13.4. The Morgan fingerprint density at radius 2 is 2.11 bits per heavy atom. The summed E-state index contributed by atoms with van der Waals surface area (Å²) >= 11 is 0. The van der Waals surface area contributed by atoms with Gasteiger partial charge in [-0.3, -0.25) is 9.59 Å². The third kappa shape index (κ3) is 3.04. The van der Waals surface area contributed by atoms with E-state index < -0.39 is 17.4 Å². The molecule has 1 aromatic carbocycles. The zero-order chi connectivity index (χ0) is 19.9. The van der Waals surface area contributed by atoms with E-state index in [2.05, 4.69) is 15.5 Å². The predicted octanol–water partition coefficient (Wildman–Crippen LogP) is 1.62. The fraction of sp³-hybridized carbons (Fsp3) is 0.526. The summed E-state index contributed by atoms with van der Waals surface area (Å²) in [5.41, 5.74) is -0.0619. The molecule has 1 saturated carbocycles. The summed E-state index contributed by atoms with van der Waals surface area (Å²) in [5.74, 6) is -0.891. The number of benzene rings is 1.